The number of benzene rings is 1. The lowest BCUT2D eigenvalue weighted by Gasteiger charge is -2.21. The fraction of sp³-hybridized carbons (Fsp3) is 0.333. The molecule has 0 fully saturated rings. The number of nitrogens with zero attached hydrogens (tertiary/aromatic N) is 1. The zero-order valence-corrected chi connectivity index (χ0v) is 12.0. The number of hydrogen-bond acceptors (Lipinski definition) is 3. The number of likely N-dealkylation sites (N-methyl/N-ethyl adjacent to an activating group) is 1. The summed E-state index contributed by atoms with van der Waals surface area (Å²) in [5, 5.41) is 14.4. The molecule has 2 aromatic rings. The molecule has 0 saturated carbocycles. The van der Waals surface area contributed by atoms with E-state index in [0.717, 1.165) is 17.7 Å². The molecule has 0 amide bonds. The molecule has 1 aromatic carbocycles. The van der Waals surface area contributed by atoms with E-state index in [9.17, 15) is 9.50 Å². The highest BCUT2D eigenvalue weighted by molar-refractivity contribution is 7.07. The fourth-order valence-corrected chi connectivity index (χ4v) is 2.83. The average Bonchev–Trinajstić information content (AvgIpc) is 2.81. The summed E-state index contributed by atoms with van der Waals surface area (Å²) >= 11 is 1.67. The van der Waals surface area contributed by atoms with Crippen LogP contribution in [0.25, 0.3) is 0 Å². The van der Waals surface area contributed by atoms with Crippen molar-refractivity contribution in [1.29, 1.82) is 0 Å². The minimum atomic E-state index is -0.593. The molecule has 1 heterocycles. The molecule has 102 valence electrons. The van der Waals surface area contributed by atoms with Crippen molar-refractivity contribution in [3.05, 3.63) is 57.5 Å². The smallest absolute Gasteiger partial charge is 0.123 e. The standard InChI is InChI=1S/C15H18FNOS/c1-11-7-13(16)3-4-14(11)15(18)9-17(2)8-12-5-6-19-10-12/h3-7,10,15,18H,8-9H2,1-2H3. The normalized spacial score (nSPS) is 12.9. The number of aliphatic hydroxyl groups excluding tert-OH is 1. The molecule has 2 nitrogen and oxygen atoms in total. The van der Waals surface area contributed by atoms with E-state index in [4.69, 9.17) is 0 Å². The highest BCUT2D eigenvalue weighted by Crippen LogP contribution is 2.20. The molecule has 1 aromatic heterocycles. The van der Waals surface area contributed by atoms with Gasteiger partial charge in [0.2, 0.25) is 0 Å². The van der Waals surface area contributed by atoms with Gasteiger partial charge in [-0.1, -0.05) is 6.07 Å². The van der Waals surface area contributed by atoms with Crippen LogP contribution in [0.4, 0.5) is 4.39 Å². The number of aliphatic hydroxyl groups is 1. The van der Waals surface area contributed by atoms with E-state index in [0.29, 0.717) is 6.54 Å². The predicted molar refractivity (Wildman–Crippen MR) is 76.7 cm³/mol. The van der Waals surface area contributed by atoms with Gasteiger partial charge in [0.25, 0.3) is 0 Å². The monoisotopic (exact) mass is 279 g/mol. The lowest BCUT2D eigenvalue weighted by molar-refractivity contribution is 0.123. The fourth-order valence-electron chi connectivity index (χ4n) is 2.17. The second kappa shape index (κ2) is 6.28. The van der Waals surface area contributed by atoms with Crippen LogP contribution in [0.15, 0.2) is 35.0 Å². The van der Waals surface area contributed by atoms with Gasteiger partial charge in [0, 0.05) is 13.1 Å². The summed E-state index contributed by atoms with van der Waals surface area (Å²) in [6.45, 7) is 3.16. The summed E-state index contributed by atoms with van der Waals surface area (Å²) in [6.07, 6.45) is -0.593. The molecule has 1 N–H and O–H groups in total. The number of halogens is 1. The van der Waals surface area contributed by atoms with Crippen molar-refractivity contribution in [1.82, 2.24) is 4.90 Å². The van der Waals surface area contributed by atoms with Crippen LogP contribution >= 0.6 is 11.3 Å². The third-order valence-corrected chi connectivity index (χ3v) is 3.84. The van der Waals surface area contributed by atoms with Gasteiger partial charge in [-0.15, -0.1) is 0 Å². The highest BCUT2D eigenvalue weighted by atomic mass is 32.1. The summed E-state index contributed by atoms with van der Waals surface area (Å²) in [5.41, 5.74) is 2.82. The van der Waals surface area contributed by atoms with Crippen molar-refractivity contribution in [2.45, 2.75) is 19.6 Å². The van der Waals surface area contributed by atoms with Crippen LogP contribution in [0, 0.1) is 12.7 Å². The third-order valence-electron chi connectivity index (χ3n) is 3.11. The molecule has 0 aliphatic heterocycles. The van der Waals surface area contributed by atoms with Gasteiger partial charge in [-0.2, -0.15) is 11.3 Å². The first-order valence-electron chi connectivity index (χ1n) is 6.20. The summed E-state index contributed by atoms with van der Waals surface area (Å²) < 4.78 is 13.0. The van der Waals surface area contributed by atoms with Gasteiger partial charge >= 0.3 is 0 Å². The number of hydrogen-bond donors (Lipinski definition) is 1. The number of thiophene rings is 1. The van der Waals surface area contributed by atoms with E-state index in [-0.39, 0.29) is 5.82 Å². The molecular formula is C15H18FNOS. The first-order chi connectivity index (χ1) is 9.06. The molecule has 0 radical (unpaired) electrons. The van der Waals surface area contributed by atoms with Gasteiger partial charge in [-0.3, -0.25) is 4.90 Å². The van der Waals surface area contributed by atoms with E-state index in [1.54, 1.807) is 17.4 Å². The van der Waals surface area contributed by atoms with Crippen LogP contribution < -0.4 is 0 Å². The molecule has 19 heavy (non-hydrogen) atoms. The lowest BCUT2D eigenvalue weighted by atomic mass is 10.0. The lowest BCUT2D eigenvalue weighted by Crippen LogP contribution is -2.24. The van der Waals surface area contributed by atoms with E-state index < -0.39 is 6.10 Å². The Kier molecular flexibility index (Phi) is 4.69. The second-order valence-corrected chi connectivity index (χ2v) is 5.63. The summed E-state index contributed by atoms with van der Waals surface area (Å²) in [6, 6.07) is 6.59. The van der Waals surface area contributed by atoms with E-state index in [2.05, 4.69) is 16.3 Å². The third kappa shape index (κ3) is 3.86. The van der Waals surface area contributed by atoms with Crippen LogP contribution in [0.2, 0.25) is 0 Å². The Bertz CT molecular complexity index is 527. The molecule has 0 saturated heterocycles. The van der Waals surface area contributed by atoms with Gasteiger partial charge in [0.15, 0.2) is 0 Å². The minimum Gasteiger partial charge on any atom is -0.387 e. The van der Waals surface area contributed by atoms with Gasteiger partial charge < -0.3 is 5.11 Å². The Morgan fingerprint density at radius 1 is 1.37 bits per heavy atom. The molecule has 1 unspecified atom stereocenters. The van der Waals surface area contributed by atoms with Crippen LogP contribution in [-0.4, -0.2) is 23.6 Å². The zero-order valence-electron chi connectivity index (χ0n) is 11.1. The highest BCUT2D eigenvalue weighted by Gasteiger charge is 2.13. The summed E-state index contributed by atoms with van der Waals surface area (Å²) in [4.78, 5) is 2.06. The van der Waals surface area contributed by atoms with E-state index in [1.807, 2.05) is 19.4 Å². The maximum absolute atomic E-state index is 13.0. The topological polar surface area (TPSA) is 23.5 Å². The molecular weight excluding hydrogens is 261 g/mol. The van der Waals surface area contributed by atoms with Crippen LogP contribution in [0.3, 0.4) is 0 Å². The number of aryl methyl sites for hydroxylation is 1. The molecule has 0 bridgehead atoms. The van der Waals surface area contributed by atoms with Crippen molar-refractivity contribution >= 4 is 11.3 Å². The quantitative estimate of drug-likeness (QED) is 0.907. The molecule has 2 rings (SSSR count). The second-order valence-electron chi connectivity index (χ2n) is 4.85. The average molecular weight is 279 g/mol. The minimum absolute atomic E-state index is 0.264. The molecule has 0 spiro atoms. The maximum Gasteiger partial charge on any atom is 0.123 e. The maximum atomic E-state index is 13.0. The number of rotatable bonds is 5. The Labute approximate surface area is 117 Å². The molecule has 0 aliphatic rings. The summed E-state index contributed by atoms with van der Waals surface area (Å²) in [5.74, 6) is -0.264. The van der Waals surface area contributed by atoms with Gasteiger partial charge in [0.1, 0.15) is 5.82 Å². The van der Waals surface area contributed by atoms with Gasteiger partial charge in [-0.05, 0) is 59.6 Å². The molecule has 0 aliphatic carbocycles. The Hall–Kier alpha value is -1.23. The Balaban J connectivity index is 1.98. The largest absolute Gasteiger partial charge is 0.387 e. The Morgan fingerprint density at radius 3 is 2.79 bits per heavy atom. The van der Waals surface area contributed by atoms with Gasteiger partial charge in [-0.25, -0.2) is 4.39 Å². The van der Waals surface area contributed by atoms with Crippen LogP contribution in [0.5, 0.6) is 0 Å². The zero-order chi connectivity index (χ0) is 13.8. The first kappa shape index (κ1) is 14.2. The molecule has 4 heteroatoms. The van der Waals surface area contributed by atoms with Crippen molar-refractivity contribution in [2.75, 3.05) is 13.6 Å². The van der Waals surface area contributed by atoms with Crippen LogP contribution in [-0.2, 0) is 6.54 Å². The predicted octanol–water partition coefficient (Wildman–Crippen LogP) is 3.36. The summed E-state index contributed by atoms with van der Waals surface area (Å²) in [7, 11) is 1.97. The van der Waals surface area contributed by atoms with Crippen molar-refractivity contribution < 1.29 is 9.50 Å². The van der Waals surface area contributed by atoms with Crippen molar-refractivity contribution in [2.24, 2.45) is 0 Å². The van der Waals surface area contributed by atoms with E-state index >= 15 is 0 Å². The van der Waals surface area contributed by atoms with Crippen LogP contribution in [0.1, 0.15) is 22.8 Å². The Morgan fingerprint density at radius 2 is 2.16 bits per heavy atom. The van der Waals surface area contributed by atoms with E-state index in [1.165, 1.54) is 17.7 Å². The first-order valence-corrected chi connectivity index (χ1v) is 7.14. The molecule has 1 atom stereocenters. The van der Waals surface area contributed by atoms with Crippen molar-refractivity contribution in [3.8, 4) is 0 Å². The van der Waals surface area contributed by atoms with Crippen molar-refractivity contribution in [3.63, 3.8) is 0 Å². The van der Waals surface area contributed by atoms with Gasteiger partial charge in [0.05, 0.1) is 6.10 Å². The SMILES string of the molecule is Cc1cc(F)ccc1C(O)CN(C)Cc1ccsc1.